The van der Waals surface area contributed by atoms with Gasteiger partial charge >= 0.3 is 5.97 Å². The molecule has 0 saturated carbocycles. The normalized spacial score (nSPS) is 9.36. The first-order valence-corrected chi connectivity index (χ1v) is 3.86. The van der Waals surface area contributed by atoms with Crippen molar-refractivity contribution in [1.29, 1.82) is 0 Å². The molecule has 0 saturated heterocycles. The minimum Gasteiger partial charge on any atom is -0.496 e. The summed E-state index contributed by atoms with van der Waals surface area (Å²) >= 11 is 0. The quantitative estimate of drug-likeness (QED) is 0.723. The fourth-order valence-corrected chi connectivity index (χ4v) is 1.11. The second kappa shape index (κ2) is 4.48. The summed E-state index contributed by atoms with van der Waals surface area (Å²) in [6.45, 7) is 0. The van der Waals surface area contributed by atoms with Gasteiger partial charge in [0.2, 0.25) is 0 Å². The van der Waals surface area contributed by atoms with Crippen molar-refractivity contribution in [3.63, 3.8) is 0 Å². The van der Waals surface area contributed by atoms with E-state index >= 15 is 0 Å². The highest BCUT2D eigenvalue weighted by Gasteiger charge is 2.18. The molecule has 5 nitrogen and oxygen atoms in total. The average Bonchev–Trinajstić information content (AvgIpc) is 2.26. The van der Waals surface area contributed by atoms with Crippen molar-refractivity contribution in [2.45, 2.75) is 0 Å². The first-order valence-electron chi connectivity index (χ1n) is 3.86. The van der Waals surface area contributed by atoms with Crippen LogP contribution in [0, 0.1) is 0 Å². The number of ether oxygens (including phenoxy) is 2. The van der Waals surface area contributed by atoms with Crippen LogP contribution in [0.15, 0.2) is 18.2 Å². The molecule has 0 radical (unpaired) electrons. The number of hydrogen-bond acceptors (Lipinski definition) is 5. The topological polar surface area (TPSA) is 70.8 Å². The molecular weight excluding hydrogens is 186 g/mol. The number of rotatable bonds is 3. The molecule has 0 aliphatic carbocycles. The van der Waals surface area contributed by atoms with E-state index in [9.17, 15) is 4.79 Å². The molecule has 0 heterocycles. The van der Waals surface area contributed by atoms with Gasteiger partial charge in [0.05, 0.1) is 14.2 Å². The Hall–Kier alpha value is -1.75. The zero-order valence-corrected chi connectivity index (χ0v) is 7.94. The lowest BCUT2D eigenvalue weighted by atomic mass is 10.2. The molecular formula is C9H11NO4. The molecule has 1 rings (SSSR count). The molecule has 5 heteroatoms. The summed E-state index contributed by atoms with van der Waals surface area (Å²) in [6, 6.07) is 4.94. The number of carbonyl (C=O) groups excluding carboxylic acids is 1. The fourth-order valence-electron chi connectivity index (χ4n) is 1.11. The number of benzene rings is 1. The summed E-state index contributed by atoms with van der Waals surface area (Å²) in [5.74, 6) is 4.82. The maximum Gasteiger partial charge on any atom is 0.364 e. The van der Waals surface area contributed by atoms with Gasteiger partial charge in [-0.2, -0.15) is 5.90 Å². The van der Waals surface area contributed by atoms with Gasteiger partial charge in [0, 0.05) is 0 Å². The zero-order valence-electron chi connectivity index (χ0n) is 7.94. The Morgan fingerprint density at radius 1 is 1.21 bits per heavy atom. The van der Waals surface area contributed by atoms with Gasteiger partial charge in [0.15, 0.2) is 0 Å². The van der Waals surface area contributed by atoms with Gasteiger partial charge in [-0.05, 0) is 12.1 Å². The molecule has 0 unspecified atom stereocenters. The zero-order chi connectivity index (χ0) is 10.6. The Kier molecular flexibility index (Phi) is 3.30. The summed E-state index contributed by atoms with van der Waals surface area (Å²) in [6.07, 6.45) is 0. The van der Waals surface area contributed by atoms with Crippen molar-refractivity contribution < 1.29 is 19.1 Å². The molecule has 76 valence electrons. The fraction of sp³-hybridized carbons (Fsp3) is 0.222. The van der Waals surface area contributed by atoms with Crippen LogP contribution < -0.4 is 15.4 Å². The predicted octanol–water partition coefficient (Wildman–Crippen LogP) is 0.734. The van der Waals surface area contributed by atoms with Crippen LogP contribution in [-0.2, 0) is 4.84 Å². The Balaban J connectivity index is 3.25. The number of hydrogen-bond donors (Lipinski definition) is 1. The summed E-state index contributed by atoms with van der Waals surface area (Å²) in [4.78, 5) is 15.4. The van der Waals surface area contributed by atoms with Crippen LogP contribution in [0.5, 0.6) is 11.5 Å². The monoisotopic (exact) mass is 197 g/mol. The standard InChI is InChI=1S/C9H11NO4/c1-12-6-4-3-5-7(13-2)8(6)9(11)14-10/h3-5H,10H2,1-2H3. The molecule has 0 aliphatic rings. The second-order valence-electron chi connectivity index (χ2n) is 2.44. The van der Waals surface area contributed by atoms with E-state index in [1.54, 1.807) is 18.2 Å². The van der Waals surface area contributed by atoms with Gasteiger partial charge in [-0.25, -0.2) is 4.79 Å². The van der Waals surface area contributed by atoms with Crippen molar-refractivity contribution >= 4 is 5.97 Å². The van der Waals surface area contributed by atoms with E-state index in [1.807, 2.05) is 0 Å². The van der Waals surface area contributed by atoms with Crippen molar-refractivity contribution in [2.24, 2.45) is 5.90 Å². The van der Waals surface area contributed by atoms with Crippen LogP contribution in [0.2, 0.25) is 0 Å². The summed E-state index contributed by atoms with van der Waals surface area (Å²) in [7, 11) is 2.89. The Morgan fingerprint density at radius 2 is 1.71 bits per heavy atom. The van der Waals surface area contributed by atoms with E-state index in [2.05, 4.69) is 4.84 Å². The van der Waals surface area contributed by atoms with Crippen molar-refractivity contribution in [2.75, 3.05) is 14.2 Å². The lowest BCUT2D eigenvalue weighted by Gasteiger charge is -2.09. The van der Waals surface area contributed by atoms with E-state index in [0.29, 0.717) is 11.5 Å². The highest BCUT2D eigenvalue weighted by Crippen LogP contribution is 2.28. The molecule has 0 amide bonds. The Labute approximate surface area is 81.3 Å². The van der Waals surface area contributed by atoms with Gasteiger partial charge in [-0.1, -0.05) is 6.07 Å². The molecule has 2 N–H and O–H groups in total. The molecule has 0 spiro atoms. The molecule has 0 aliphatic heterocycles. The third kappa shape index (κ3) is 1.77. The molecule has 14 heavy (non-hydrogen) atoms. The summed E-state index contributed by atoms with van der Waals surface area (Å²) < 4.78 is 9.95. The van der Waals surface area contributed by atoms with E-state index < -0.39 is 5.97 Å². The maximum absolute atomic E-state index is 11.3. The van der Waals surface area contributed by atoms with Crippen LogP contribution in [0.3, 0.4) is 0 Å². The van der Waals surface area contributed by atoms with E-state index in [0.717, 1.165) is 0 Å². The van der Waals surface area contributed by atoms with Crippen molar-refractivity contribution in [3.05, 3.63) is 23.8 Å². The third-order valence-electron chi connectivity index (χ3n) is 1.74. The first kappa shape index (κ1) is 10.3. The van der Waals surface area contributed by atoms with Gasteiger partial charge in [0.1, 0.15) is 17.1 Å². The van der Waals surface area contributed by atoms with E-state index in [1.165, 1.54) is 14.2 Å². The smallest absolute Gasteiger partial charge is 0.364 e. The lowest BCUT2D eigenvalue weighted by molar-refractivity contribution is 0.0496. The summed E-state index contributed by atoms with van der Waals surface area (Å²) in [5, 5.41) is 0. The average molecular weight is 197 g/mol. The lowest BCUT2D eigenvalue weighted by Crippen LogP contribution is -2.12. The van der Waals surface area contributed by atoms with Gasteiger partial charge in [0.25, 0.3) is 0 Å². The van der Waals surface area contributed by atoms with Crippen LogP contribution in [0.4, 0.5) is 0 Å². The molecule has 0 aromatic heterocycles. The van der Waals surface area contributed by atoms with Crippen LogP contribution in [-0.4, -0.2) is 20.2 Å². The number of carbonyl (C=O) groups is 1. The molecule has 1 aromatic rings. The third-order valence-corrected chi connectivity index (χ3v) is 1.74. The van der Waals surface area contributed by atoms with Crippen molar-refractivity contribution in [3.8, 4) is 11.5 Å². The Bertz CT molecular complexity index is 315. The minimum atomic E-state index is -0.695. The molecule has 0 atom stereocenters. The van der Waals surface area contributed by atoms with Crippen LogP contribution in [0.1, 0.15) is 10.4 Å². The predicted molar refractivity (Wildman–Crippen MR) is 49.1 cm³/mol. The van der Waals surface area contributed by atoms with Crippen LogP contribution >= 0.6 is 0 Å². The highest BCUT2D eigenvalue weighted by atomic mass is 16.7. The number of nitrogens with two attached hydrogens (primary N) is 1. The van der Waals surface area contributed by atoms with E-state index in [4.69, 9.17) is 15.4 Å². The highest BCUT2D eigenvalue weighted by molar-refractivity contribution is 5.95. The first-order chi connectivity index (χ1) is 6.74. The number of methoxy groups -OCH3 is 2. The summed E-state index contributed by atoms with van der Waals surface area (Å²) in [5.41, 5.74) is 0.181. The van der Waals surface area contributed by atoms with Crippen LogP contribution in [0.25, 0.3) is 0 Å². The van der Waals surface area contributed by atoms with Gasteiger partial charge < -0.3 is 14.3 Å². The van der Waals surface area contributed by atoms with E-state index in [-0.39, 0.29) is 5.56 Å². The van der Waals surface area contributed by atoms with Gasteiger partial charge in [-0.3, -0.25) is 0 Å². The van der Waals surface area contributed by atoms with Crippen molar-refractivity contribution in [1.82, 2.24) is 0 Å². The largest absolute Gasteiger partial charge is 0.496 e. The SMILES string of the molecule is COc1cccc(OC)c1C(=O)ON. The molecule has 0 fully saturated rings. The van der Waals surface area contributed by atoms with Gasteiger partial charge in [-0.15, -0.1) is 0 Å². The molecule has 0 bridgehead atoms. The Morgan fingerprint density at radius 3 is 2.07 bits per heavy atom. The maximum atomic E-state index is 11.3. The second-order valence-corrected chi connectivity index (χ2v) is 2.44. The molecule has 1 aromatic carbocycles. The minimum absolute atomic E-state index is 0.181.